The van der Waals surface area contributed by atoms with Gasteiger partial charge < -0.3 is 29.3 Å². The minimum Gasteiger partial charge on any atom is -0.481 e. The molecule has 1 amide bonds. The van der Waals surface area contributed by atoms with Crippen LogP contribution in [-0.2, 0) is 25.6 Å². The smallest absolute Gasteiger partial charge is 0.306 e. The van der Waals surface area contributed by atoms with Gasteiger partial charge in [0.2, 0.25) is 5.91 Å². The number of amides is 1. The predicted octanol–water partition coefficient (Wildman–Crippen LogP) is 4.63. The first-order valence-electron chi connectivity index (χ1n) is 14.0. The van der Waals surface area contributed by atoms with Crippen molar-refractivity contribution in [1.29, 1.82) is 0 Å². The number of ether oxygens (including phenoxy) is 1. The highest BCUT2D eigenvalue weighted by Crippen LogP contribution is 2.30. The van der Waals surface area contributed by atoms with E-state index in [0.717, 1.165) is 42.5 Å². The van der Waals surface area contributed by atoms with Crippen LogP contribution in [0.2, 0.25) is 0 Å². The maximum Gasteiger partial charge on any atom is 0.306 e. The number of carbonyl (C=O) groups is 2. The number of aliphatic carboxylic acids is 1. The number of para-hydroxylation sites is 1. The van der Waals surface area contributed by atoms with E-state index >= 15 is 0 Å². The van der Waals surface area contributed by atoms with Gasteiger partial charge in [0.05, 0.1) is 38.2 Å². The summed E-state index contributed by atoms with van der Waals surface area (Å²) >= 11 is 0. The maximum atomic E-state index is 13.7. The van der Waals surface area contributed by atoms with Gasteiger partial charge in [0.25, 0.3) is 6.01 Å². The molecule has 1 aliphatic carbocycles. The molecule has 3 aromatic rings. The highest BCUT2D eigenvalue weighted by molar-refractivity contribution is 5.82. The molecule has 10 heteroatoms. The van der Waals surface area contributed by atoms with Gasteiger partial charge in [-0.05, 0) is 68.4 Å². The number of likely N-dealkylation sites (N-methyl/N-ethyl adjacent to an activating group) is 1. The minimum atomic E-state index is -0.719. The first-order chi connectivity index (χ1) is 19.4. The Morgan fingerprint density at radius 2 is 1.82 bits per heavy atom. The van der Waals surface area contributed by atoms with Gasteiger partial charge in [-0.3, -0.25) is 9.59 Å². The van der Waals surface area contributed by atoms with Crippen molar-refractivity contribution < 1.29 is 28.7 Å². The van der Waals surface area contributed by atoms with Crippen LogP contribution in [0.5, 0.6) is 0 Å². The number of nitrogens with one attached hydrogen (secondary N) is 1. The third kappa shape index (κ3) is 6.80. The first-order valence-corrected chi connectivity index (χ1v) is 14.0. The van der Waals surface area contributed by atoms with Crippen molar-refractivity contribution in [3.8, 4) is 0 Å². The molecule has 2 fully saturated rings. The fourth-order valence-electron chi connectivity index (χ4n) is 5.85. The molecular weight excluding hydrogens is 512 g/mol. The van der Waals surface area contributed by atoms with Crippen molar-refractivity contribution in [1.82, 2.24) is 14.9 Å². The van der Waals surface area contributed by atoms with E-state index in [4.69, 9.17) is 14.0 Å². The molecule has 1 saturated heterocycles. The Kier molecular flexibility index (Phi) is 8.98. The highest BCUT2D eigenvalue weighted by atomic mass is 16.7. The van der Waals surface area contributed by atoms with Gasteiger partial charge in [-0.1, -0.05) is 24.3 Å². The molecule has 1 aliphatic heterocycles. The van der Waals surface area contributed by atoms with Crippen molar-refractivity contribution in [2.45, 2.75) is 63.1 Å². The summed E-state index contributed by atoms with van der Waals surface area (Å²) in [4.78, 5) is 36.9. The van der Waals surface area contributed by atoms with Gasteiger partial charge in [0.15, 0.2) is 5.58 Å². The fraction of sp³-hybridized carbons (Fsp3) is 0.500. The lowest BCUT2D eigenvalue weighted by Crippen LogP contribution is -2.48. The van der Waals surface area contributed by atoms with Crippen LogP contribution in [0.1, 0.15) is 44.1 Å². The summed E-state index contributed by atoms with van der Waals surface area (Å²) in [5.41, 5.74) is 3.09. The molecule has 2 heterocycles. The SMILES string of the molecule is CON(C)C[C@@H]1CC[C@@H](COC2CCC(C(=O)O)CC2)N1C(=O)Cc1ccc2nc(Nc3ccccc3)oc2c1. The van der Waals surface area contributed by atoms with Crippen LogP contribution >= 0.6 is 0 Å². The first kappa shape index (κ1) is 28.1. The van der Waals surface area contributed by atoms with Crippen molar-refractivity contribution in [2.24, 2.45) is 5.92 Å². The number of nitrogens with zero attached hydrogens (tertiary/aromatic N) is 3. The van der Waals surface area contributed by atoms with Crippen LogP contribution < -0.4 is 5.32 Å². The monoisotopic (exact) mass is 550 g/mol. The van der Waals surface area contributed by atoms with Crippen molar-refractivity contribution >= 4 is 34.7 Å². The molecule has 0 radical (unpaired) electrons. The van der Waals surface area contributed by atoms with Gasteiger partial charge in [-0.2, -0.15) is 10.0 Å². The second kappa shape index (κ2) is 12.8. The van der Waals surface area contributed by atoms with E-state index in [-0.39, 0.29) is 36.4 Å². The quantitative estimate of drug-likeness (QED) is 0.330. The molecule has 1 saturated carbocycles. The predicted molar refractivity (Wildman–Crippen MR) is 150 cm³/mol. The molecule has 0 spiro atoms. The van der Waals surface area contributed by atoms with E-state index in [9.17, 15) is 14.7 Å². The lowest BCUT2D eigenvalue weighted by Gasteiger charge is -2.34. The number of carbonyl (C=O) groups excluding carboxylic acids is 1. The largest absolute Gasteiger partial charge is 0.481 e. The van der Waals surface area contributed by atoms with Crippen LogP contribution in [0.15, 0.2) is 52.9 Å². The van der Waals surface area contributed by atoms with Crippen LogP contribution in [0.4, 0.5) is 11.7 Å². The van der Waals surface area contributed by atoms with Crippen LogP contribution in [0.25, 0.3) is 11.1 Å². The summed E-state index contributed by atoms with van der Waals surface area (Å²) in [5, 5.41) is 14.2. The van der Waals surface area contributed by atoms with Gasteiger partial charge in [-0.15, -0.1) is 0 Å². The highest BCUT2D eigenvalue weighted by Gasteiger charge is 2.38. The Hall–Kier alpha value is -3.47. The standard InChI is InChI=1S/C30H38N4O6/c1-33(38-2)18-23-11-12-24(19-39-25-13-9-21(10-14-25)29(36)37)34(23)28(35)17-20-8-15-26-27(16-20)40-30(32-26)31-22-6-4-3-5-7-22/h3-8,15-16,21,23-25H,9-14,17-19H2,1-2H3,(H,31,32)(H,36,37)/t21?,23-,24-,25?/m0/s1. The summed E-state index contributed by atoms with van der Waals surface area (Å²) in [5.74, 6) is -0.953. The number of rotatable bonds is 11. The Morgan fingerprint density at radius 3 is 2.55 bits per heavy atom. The van der Waals surface area contributed by atoms with Crippen LogP contribution in [0, 0.1) is 5.92 Å². The number of anilines is 2. The van der Waals surface area contributed by atoms with E-state index in [1.165, 1.54) is 0 Å². The Labute approximate surface area is 234 Å². The second-order valence-corrected chi connectivity index (χ2v) is 10.8. The van der Waals surface area contributed by atoms with E-state index in [1.807, 2.05) is 60.5 Å². The second-order valence-electron chi connectivity index (χ2n) is 10.8. The number of likely N-dealkylation sites (tertiary alicyclic amines) is 1. The molecule has 0 bridgehead atoms. The van der Waals surface area contributed by atoms with Crippen molar-refractivity contribution in [2.75, 3.05) is 32.6 Å². The molecule has 10 nitrogen and oxygen atoms in total. The topological polar surface area (TPSA) is 117 Å². The summed E-state index contributed by atoms with van der Waals surface area (Å²) in [6.45, 7) is 1.06. The molecule has 2 aromatic carbocycles. The van der Waals surface area contributed by atoms with Gasteiger partial charge in [0, 0.05) is 25.3 Å². The number of hydrogen-bond donors (Lipinski definition) is 2. The zero-order valence-corrected chi connectivity index (χ0v) is 23.1. The number of aromatic nitrogens is 1. The lowest BCUT2D eigenvalue weighted by molar-refractivity contribution is -0.146. The average molecular weight is 551 g/mol. The van der Waals surface area contributed by atoms with Crippen LogP contribution in [0.3, 0.4) is 0 Å². The Bertz CT molecular complexity index is 1290. The fourth-order valence-corrected chi connectivity index (χ4v) is 5.85. The third-order valence-electron chi connectivity index (χ3n) is 8.07. The maximum absolute atomic E-state index is 13.7. The van der Waals surface area contributed by atoms with E-state index in [2.05, 4.69) is 10.3 Å². The van der Waals surface area contributed by atoms with Gasteiger partial charge in [0.1, 0.15) is 5.52 Å². The molecule has 2 N–H and O–H groups in total. The Morgan fingerprint density at radius 1 is 1.07 bits per heavy atom. The normalized spacial score (nSPS) is 23.1. The van der Waals surface area contributed by atoms with Crippen molar-refractivity contribution in [3.05, 3.63) is 54.1 Å². The van der Waals surface area contributed by atoms with Crippen LogP contribution in [-0.4, -0.2) is 77.4 Å². The molecule has 5 rings (SSSR count). The number of oxazole rings is 1. The van der Waals surface area contributed by atoms with Gasteiger partial charge in [-0.25, -0.2) is 0 Å². The molecule has 0 unspecified atom stereocenters. The third-order valence-corrected chi connectivity index (χ3v) is 8.07. The molecular formula is C30H38N4O6. The number of hydrogen-bond acceptors (Lipinski definition) is 8. The number of carboxylic acid groups (broad SMARTS) is 1. The number of carboxylic acids is 1. The summed E-state index contributed by atoms with van der Waals surface area (Å²) in [7, 11) is 3.50. The molecule has 214 valence electrons. The Balaban J connectivity index is 1.25. The average Bonchev–Trinajstić information content (AvgIpc) is 3.55. The zero-order valence-electron chi connectivity index (χ0n) is 23.1. The lowest BCUT2D eigenvalue weighted by atomic mass is 9.87. The molecule has 2 atom stereocenters. The minimum absolute atomic E-state index is 0.0180. The molecule has 40 heavy (non-hydrogen) atoms. The van der Waals surface area contributed by atoms with E-state index in [1.54, 1.807) is 12.2 Å². The summed E-state index contributed by atoms with van der Waals surface area (Å²) in [6, 6.07) is 15.8. The molecule has 2 aliphatic rings. The molecule has 1 aromatic heterocycles. The number of fused-ring (bicyclic) bond motifs is 1. The summed E-state index contributed by atoms with van der Waals surface area (Å²) in [6.07, 6.45) is 4.77. The van der Waals surface area contributed by atoms with Crippen molar-refractivity contribution in [3.63, 3.8) is 0 Å². The summed E-state index contributed by atoms with van der Waals surface area (Å²) < 4.78 is 12.2. The van der Waals surface area contributed by atoms with E-state index in [0.29, 0.717) is 37.6 Å². The number of hydroxylamine groups is 2. The van der Waals surface area contributed by atoms with E-state index < -0.39 is 5.97 Å². The number of benzene rings is 2. The zero-order chi connectivity index (χ0) is 28.1. The van der Waals surface area contributed by atoms with Gasteiger partial charge >= 0.3 is 5.97 Å².